The lowest BCUT2D eigenvalue weighted by molar-refractivity contribution is -0.118. The second-order valence-electron chi connectivity index (χ2n) is 6.85. The van der Waals surface area contributed by atoms with Crippen LogP contribution in [-0.4, -0.2) is 36.4 Å². The number of rotatable bonds is 5. The van der Waals surface area contributed by atoms with E-state index in [1.165, 1.54) is 12.8 Å². The number of nitrogens with zero attached hydrogens (tertiary/aromatic N) is 1. The van der Waals surface area contributed by atoms with Crippen LogP contribution in [0, 0.1) is 6.92 Å². The minimum atomic E-state index is -0.283. The van der Waals surface area contributed by atoms with E-state index in [9.17, 15) is 9.59 Å². The molecule has 0 atom stereocenters. The first-order valence-electron chi connectivity index (χ1n) is 9.52. The zero-order chi connectivity index (χ0) is 19.1. The van der Waals surface area contributed by atoms with Crippen molar-refractivity contribution in [1.82, 2.24) is 4.90 Å². The predicted molar refractivity (Wildman–Crippen MR) is 106 cm³/mol. The van der Waals surface area contributed by atoms with Gasteiger partial charge in [-0.15, -0.1) is 0 Å². The highest BCUT2D eigenvalue weighted by Gasteiger charge is 2.20. The molecule has 0 aliphatic carbocycles. The monoisotopic (exact) mass is 366 g/mol. The molecule has 0 unspecified atom stereocenters. The van der Waals surface area contributed by atoms with E-state index in [-0.39, 0.29) is 18.4 Å². The summed E-state index contributed by atoms with van der Waals surface area (Å²) in [6.45, 7) is 3.38. The van der Waals surface area contributed by atoms with E-state index in [1.807, 2.05) is 48.2 Å². The molecule has 2 amide bonds. The third-order valence-corrected chi connectivity index (χ3v) is 4.78. The lowest BCUT2D eigenvalue weighted by Crippen LogP contribution is -2.33. The molecule has 1 saturated heterocycles. The van der Waals surface area contributed by atoms with Gasteiger partial charge < -0.3 is 15.0 Å². The normalized spacial score (nSPS) is 14.3. The van der Waals surface area contributed by atoms with E-state index in [4.69, 9.17) is 4.74 Å². The van der Waals surface area contributed by atoms with Crippen LogP contribution < -0.4 is 10.1 Å². The first-order valence-corrected chi connectivity index (χ1v) is 9.52. The summed E-state index contributed by atoms with van der Waals surface area (Å²) in [7, 11) is 0. The second kappa shape index (κ2) is 9.21. The maximum absolute atomic E-state index is 12.9. The first kappa shape index (κ1) is 19.0. The highest BCUT2D eigenvalue weighted by molar-refractivity contribution is 6.04. The van der Waals surface area contributed by atoms with Gasteiger partial charge in [0, 0.05) is 13.1 Å². The number of amides is 2. The standard InChI is InChI=1S/C22H26N2O3/c1-17-10-4-7-13-20(17)27-16-21(25)23-19-12-6-5-11-18(19)22(26)24-14-8-2-3-9-15-24/h4-7,10-13H,2-3,8-9,14-16H2,1H3,(H,23,25). The molecule has 2 aromatic rings. The summed E-state index contributed by atoms with van der Waals surface area (Å²) in [6, 6.07) is 14.7. The number of ether oxygens (including phenoxy) is 1. The molecule has 1 aliphatic rings. The number of aryl methyl sites for hydroxylation is 1. The number of anilines is 1. The third kappa shape index (κ3) is 5.09. The van der Waals surface area contributed by atoms with Crippen molar-refractivity contribution < 1.29 is 14.3 Å². The molecular weight excluding hydrogens is 340 g/mol. The van der Waals surface area contributed by atoms with Crippen molar-refractivity contribution in [3.63, 3.8) is 0 Å². The molecule has 0 radical (unpaired) electrons. The summed E-state index contributed by atoms with van der Waals surface area (Å²) in [4.78, 5) is 27.2. The number of hydrogen-bond donors (Lipinski definition) is 1. The summed E-state index contributed by atoms with van der Waals surface area (Å²) in [5.74, 6) is 0.378. The van der Waals surface area contributed by atoms with Crippen LogP contribution in [0.5, 0.6) is 5.75 Å². The van der Waals surface area contributed by atoms with Gasteiger partial charge in [0.15, 0.2) is 6.61 Å². The van der Waals surface area contributed by atoms with Gasteiger partial charge in [-0.3, -0.25) is 9.59 Å². The van der Waals surface area contributed by atoms with Gasteiger partial charge in [0.05, 0.1) is 11.3 Å². The van der Waals surface area contributed by atoms with Crippen molar-refractivity contribution in [2.24, 2.45) is 0 Å². The van der Waals surface area contributed by atoms with Crippen molar-refractivity contribution in [1.29, 1.82) is 0 Å². The van der Waals surface area contributed by atoms with Crippen molar-refractivity contribution in [2.75, 3.05) is 25.0 Å². The summed E-state index contributed by atoms with van der Waals surface area (Å²) in [5.41, 5.74) is 2.04. The van der Waals surface area contributed by atoms with Crippen LogP contribution in [0.2, 0.25) is 0 Å². The van der Waals surface area contributed by atoms with Crippen LogP contribution in [0.4, 0.5) is 5.69 Å². The van der Waals surface area contributed by atoms with E-state index in [1.54, 1.807) is 12.1 Å². The van der Waals surface area contributed by atoms with E-state index >= 15 is 0 Å². The van der Waals surface area contributed by atoms with Gasteiger partial charge in [-0.05, 0) is 43.5 Å². The molecule has 5 heteroatoms. The molecule has 3 rings (SSSR count). The summed E-state index contributed by atoms with van der Waals surface area (Å²) in [6.07, 6.45) is 4.39. The number of carbonyl (C=O) groups is 2. The molecule has 2 aromatic carbocycles. The molecule has 1 fully saturated rings. The Bertz CT molecular complexity index is 796. The molecule has 0 saturated carbocycles. The highest BCUT2D eigenvalue weighted by Crippen LogP contribution is 2.20. The smallest absolute Gasteiger partial charge is 0.262 e. The largest absolute Gasteiger partial charge is 0.483 e. The van der Waals surface area contributed by atoms with Crippen LogP contribution in [0.25, 0.3) is 0 Å². The molecule has 0 spiro atoms. The van der Waals surface area contributed by atoms with Gasteiger partial charge in [-0.1, -0.05) is 43.2 Å². The number of carbonyl (C=O) groups excluding carboxylic acids is 2. The van der Waals surface area contributed by atoms with Crippen molar-refractivity contribution in [3.8, 4) is 5.75 Å². The lowest BCUT2D eigenvalue weighted by Gasteiger charge is -2.22. The van der Waals surface area contributed by atoms with Crippen molar-refractivity contribution >= 4 is 17.5 Å². The Morgan fingerprint density at radius 3 is 2.37 bits per heavy atom. The second-order valence-corrected chi connectivity index (χ2v) is 6.85. The SMILES string of the molecule is Cc1ccccc1OCC(=O)Nc1ccccc1C(=O)N1CCCCCC1. The Labute approximate surface area is 160 Å². The van der Waals surface area contributed by atoms with E-state index < -0.39 is 0 Å². The molecule has 0 aromatic heterocycles. The fourth-order valence-corrected chi connectivity index (χ4v) is 3.27. The maximum atomic E-state index is 12.9. The molecular formula is C22H26N2O3. The Morgan fingerprint density at radius 1 is 0.963 bits per heavy atom. The quantitative estimate of drug-likeness (QED) is 0.869. The third-order valence-electron chi connectivity index (χ3n) is 4.78. The molecule has 1 heterocycles. The van der Waals surface area contributed by atoms with Gasteiger partial charge in [-0.2, -0.15) is 0 Å². The zero-order valence-corrected chi connectivity index (χ0v) is 15.7. The number of likely N-dealkylation sites (tertiary alicyclic amines) is 1. The van der Waals surface area contributed by atoms with Crippen LogP contribution in [0.1, 0.15) is 41.6 Å². The van der Waals surface area contributed by atoms with Crippen LogP contribution in [0.3, 0.4) is 0 Å². The molecule has 0 bridgehead atoms. The van der Waals surface area contributed by atoms with Gasteiger partial charge in [0.2, 0.25) is 0 Å². The van der Waals surface area contributed by atoms with Gasteiger partial charge in [0.1, 0.15) is 5.75 Å². The zero-order valence-electron chi connectivity index (χ0n) is 15.7. The molecule has 1 N–H and O–H groups in total. The Hall–Kier alpha value is -2.82. The fraction of sp³-hybridized carbons (Fsp3) is 0.364. The molecule has 142 valence electrons. The molecule has 27 heavy (non-hydrogen) atoms. The van der Waals surface area contributed by atoms with Gasteiger partial charge in [0.25, 0.3) is 11.8 Å². The van der Waals surface area contributed by atoms with E-state index in [2.05, 4.69) is 5.32 Å². The lowest BCUT2D eigenvalue weighted by atomic mass is 10.1. The predicted octanol–water partition coefficient (Wildman–Crippen LogP) is 4.03. The number of benzene rings is 2. The highest BCUT2D eigenvalue weighted by atomic mass is 16.5. The fourth-order valence-electron chi connectivity index (χ4n) is 3.27. The summed E-state index contributed by atoms with van der Waals surface area (Å²) < 4.78 is 5.60. The van der Waals surface area contributed by atoms with Crippen molar-refractivity contribution in [2.45, 2.75) is 32.6 Å². The average molecular weight is 366 g/mol. The first-order chi connectivity index (χ1) is 13.1. The van der Waals surface area contributed by atoms with E-state index in [0.717, 1.165) is 31.5 Å². The molecule has 1 aliphatic heterocycles. The number of nitrogens with one attached hydrogen (secondary N) is 1. The van der Waals surface area contributed by atoms with E-state index in [0.29, 0.717) is 17.0 Å². The molecule has 5 nitrogen and oxygen atoms in total. The Kier molecular flexibility index (Phi) is 6.47. The topological polar surface area (TPSA) is 58.6 Å². The average Bonchev–Trinajstić information content (AvgIpc) is 2.97. The Balaban J connectivity index is 1.65. The van der Waals surface area contributed by atoms with Gasteiger partial charge >= 0.3 is 0 Å². The van der Waals surface area contributed by atoms with Crippen LogP contribution >= 0.6 is 0 Å². The van der Waals surface area contributed by atoms with Crippen LogP contribution in [0.15, 0.2) is 48.5 Å². The summed E-state index contributed by atoms with van der Waals surface area (Å²) >= 11 is 0. The number of para-hydroxylation sites is 2. The number of hydrogen-bond acceptors (Lipinski definition) is 3. The maximum Gasteiger partial charge on any atom is 0.262 e. The van der Waals surface area contributed by atoms with Gasteiger partial charge in [-0.25, -0.2) is 0 Å². The summed E-state index contributed by atoms with van der Waals surface area (Å²) in [5, 5.41) is 2.82. The minimum Gasteiger partial charge on any atom is -0.483 e. The van der Waals surface area contributed by atoms with Crippen LogP contribution in [-0.2, 0) is 4.79 Å². The minimum absolute atomic E-state index is 0.0207. The Morgan fingerprint density at radius 2 is 1.63 bits per heavy atom. The van der Waals surface area contributed by atoms with Crippen molar-refractivity contribution in [3.05, 3.63) is 59.7 Å².